The number of hydrogen-bond donors (Lipinski definition) is 1. The first-order valence-corrected chi connectivity index (χ1v) is 7.77. The van der Waals surface area contributed by atoms with Gasteiger partial charge in [0.25, 0.3) is 0 Å². The molecule has 1 unspecified atom stereocenters. The molecule has 0 saturated carbocycles. The van der Waals surface area contributed by atoms with Crippen molar-refractivity contribution in [3.63, 3.8) is 0 Å². The van der Waals surface area contributed by atoms with Crippen LogP contribution >= 0.6 is 23.1 Å². The molecule has 2 rings (SSSR count). The maximum absolute atomic E-state index is 4.40. The molecule has 90 valence electrons. The number of thioether (sulfide) groups is 1. The summed E-state index contributed by atoms with van der Waals surface area (Å²) in [4.78, 5) is 5.70. The van der Waals surface area contributed by atoms with E-state index in [0.717, 1.165) is 6.54 Å². The van der Waals surface area contributed by atoms with Crippen LogP contribution in [0.25, 0.3) is 0 Å². The number of aromatic nitrogens is 1. The van der Waals surface area contributed by atoms with Crippen LogP contribution in [0, 0.1) is 12.3 Å². The van der Waals surface area contributed by atoms with Gasteiger partial charge in [0.1, 0.15) is 5.01 Å². The zero-order chi connectivity index (χ0) is 11.6. The van der Waals surface area contributed by atoms with Gasteiger partial charge in [-0.2, -0.15) is 11.8 Å². The van der Waals surface area contributed by atoms with Crippen molar-refractivity contribution >= 4 is 23.1 Å². The van der Waals surface area contributed by atoms with Gasteiger partial charge < -0.3 is 5.32 Å². The Morgan fingerprint density at radius 1 is 1.56 bits per heavy atom. The fraction of sp³-hybridized carbons (Fsp3) is 0.750. The predicted molar refractivity (Wildman–Crippen MR) is 73.2 cm³/mol. The van der Waals surface area contributed by atoms with E-state index >= 15 is 0 Å². The van der Waals surface area contributed by atoms with Crippen molar-refractivity contribution in [2.24, 2.45) is 5.41 Å². The van der Waals surface area contributed by atoms with E-state index in [1.807, 2.05) is 6.20 Å². The fourth-order valence-corrected chi connectivity index (χ4v) is 4.34. The van der Waals surface area contributed by atoms with Gasteiger partial charge in [-0.1, -0.05) is 13.8 Å². The predicted octanol–water partition coefficient (Wildman–Crippen LogP) is 3.07. The second-order valence-corrected chi connectivity index (χ2v) is 7.58. The highest BCUT2D eigenvalue weighted by Gasteiger charge is 2.32. The molecule has 1 aliphatic heterocycles. The molecule has 1 N–H and O–H groups in total. The topological polar surface area (TPSA) is 24.9 Å². The molecular weight excluding hydrogens is 236 g/mol. The molecule has 0 aromatic carbocycles. The first-order chi connectivity index (χ1) is 7.58. The molecular formula is C12H20N2S2. The number of nitrogens with zero attached hydrogens (tertiary/aromatic N) is 1. The average Bonchev–Trinajstić information content (AvgIpc) is 2.62. The Bertz CT molecular complexity index is 347. The summed E-state index contributed by atoms with van der Waals surface area (Å²) in [6.45, 7) is 7.78. The smallest absolute Gasteiger partial charge is 0.107 e. The van der Waals surface area contributed by atoms with Gasteiger partial charge in [0.2, 0.25) is 0 Å². The third-order valence-corrected chi connectivity index (χ3v) is 5.26. The molecule has 1 fully saturated rings. The lowest BCUT2D eigenvalue weighted by Crippen LogP contribution is -2.46. The molecule has 0 aliphatic carbocycles. The van der Waals surface area contributed by atoms with Crippen molar-refractivity contribution in [2.75, 3.05) is 11.5 Å². The van der Waals surface area contributed by atoms with Gasteiger partial charge in [-0.15, -0.1) is 11.3 Å². The zero-order valence-corrected chi connectivity index (χ0v) is 11.9. The minimum Gasteiger partial charge on any atom is -0.306 e. The molecule has 1 saturated heterocycles. The third-order valence-electron chi connectivity index (χ3n) is 3.29. The molecule has 2 heterocycles. The van der Waals surface area contributed by atoms with E-state index in [2.05, 4.69) is 42.8 Å². The quantitative estimate of drug-likeness (QED) is 0.899. The third kappa shape index (κ3) is 2.99. The van der Waals surface area contributed by atoms with E-state index in [-0.39, 0.29) is 0 Å². The van der Waals surface area contributed by atoms with Gasteiger partial charge in [-0.05, 0) is 24.5 Å². The summed E-state index contributed by atoms with van der Waals surface area (Å²) < 4.78 is 0. The van der Waals surface area contributed by atoms with Crippen LogP contribution in [0.4, 0.5) is 0 Å². The Morgan fingerprint density at radius 2 is 2.38 bits per heavy atom. The van der Waals surface area contributed by atoms with E-state index in [0.29, 0.717) is 11.5 Å². The summed E-state index contributed by atoms with van der Waals surface area (Å²) in [6.07, 6.45) is 3.27. The number of rotatable bonds is 3. The summed E-state index contributed by atoms with van der Waals surface area (Å²) in [5, 5.41) is 4.88. The molecule has 0 amide bonds. The Balaban J connectivity index is 1.89. The van der Waals surface area contributed by atoms with Gasteiger partial charge in [0, 0.05) is 29.4 Å². The van der Waals surface area contributed by atoms with Crippen molar-refractivity contribution in [1.29, 1.82) is 0 Å². The van der Waals surface area contributed by atoms with Crippen molar-refractivity contribution in [2.45, 2.75) is 39.8 Å². The summed E-state index contributed by atoms with van der Waals surface area (Å²) >= 11 is 3.86. The van der Waals surface area contributed by atoms with Crippen LogP contribution in [0.5, 0.6) is 0 Å². The lowest BCUT2D eigenvalue weighted by atomic mass is 9.82. The van der Waals surface area contributed by atoms with Crippen LogP contribution in [-0.2, 0) is 6.54 Å². The maximum atomic E-state index is 4.40. The van der Waals surface area contributed by atoms with Crippen LogP contribution in [0.1, 0.15) is 30.2 Å². The number of thiazole rings is 1. The van der Waals surface area contributed by atoms with Crippen LogP contribution < -0.4 is 5.32 Å². The van der Waals surface area contributed by atoms with E-state index in [9.17, 15) is 0 Å². The van der Waals surface area contributed by atoms with Crippen LogP contribution in [0.15, 0.2) is 6.20 Å². The Hall–Kier alpha value is -0.0600. The summed E-state index contributed by atoms with van der Waals surface area (Å²) in [7, 11) is 0. The highest BCUT2D eigenvalue weighted by molar-refractivity contribution is 7.99. The van der Waals surface area contributed by atoms with Crippen molar-refractivity contribution < 1.29 is 0 Å². The molecule has 1 aromatic rings. The molecule has 2 nitrogen and oxygen atoms in total. The Morgan fingerprint density at radius 3 is 3.00 bits per heavy atom. The first-order valence-electron chi connectivity index (χ1n) is 5.80. The maximum Gasteiger partial charge on any atom is 0.107 e. The lowest BCUT2D eigenvalue weighted by molar-refractivity contribution is 0.245. The summed E-state index contributed by atoms with van der Waals surface area (Å²) in [5.74, 6) is 2.54. The fourth-order valence-electron chi connectivity index (χ4n) is 1.97. The molecule has 0 spiro atoms. The van der Waals surface area contributed by atoms with E-state index in [4.69, 9.17) is 0 Å². The van der Waals surface area contributed by atoms with Crippen LogP contribution in [-0.4, -0.2) is 22.5 Å². The second-order valence-electron chi connectivity index (χ2n) is 5.11. The largest absolute Gasteiger partial charge is 0.306 e. The first kappa shape index (κ1) is 12.4. The second kappa shape index (κ2) is 5.07. The van der Waals surface area contributed by atoms with Gasteiger partial charge >= 0.3 is 0 Å². The number of nitrogens with one attached hydrogen (secondary N) is 1. The SMILES string of the molecule is Cc1cnc(CNC2CSCCC2(C)C)s1. The molecule has 1 atom stereocenters. The summed E-state index contributed by atoms with van der Waals surface area (Å²) in [5.41, 5.74) is 0.428. The van der Waals surface area contributed by atoms with Gasteiger partial charge in [0.15, 0.2) is 0 Å². The van der Waals surface area contributed by atoms with Crippen molar-refractivity contribution in [1.82, 2.24) is 10.3 Å². The Kier molecular flexibility index (Phi) is 3.93. The Labute approximate surface area is 106 Å². The standard InChI is InChI=1S/C12H20N2S2/c1-9-6-14-11(16-9)7-13-10-8-15-5-4-12(10,2)3/h6,10,13H,4-5,7-8H2,1-3H3. The van der Waals surface area contributed by atoms with Crippen LogP contribution in [0.3, 0.4) is 0 Å². The summed E-state index contributed by atoms with van der Waals surface area (Å²) in [6, 6.07) is 0.621. The average molecular weight is 256 g/mol. The van der Waals surface area contributed by atoms with Crippen molar-refractivity contribution in [3.8, 4) is 0 Å². The number of hydrogen-bond acceptors (Lipinski definition) is 4. The molecule has 0 bridgehead atoms. The zero-order valence-electron chi connectivity index (χ0n) is 10.2. The normalized spacial score (nSPS) is 24.6. The monoisotopic (exact) mass is 256 g/mol. The van der Waals surface area contributed by atoms with Gasteiger partial charge in [-0.3, -0.25) is 0 Å². The highest BCUT2D eigenvalue weighted by Crippen LogP contribution is 2.34. The lowest BCUT2D eigenvalue weighted by Gasteiger charge is -2.38. The minimum atomic E-state index is 0.428. The molecule has 1 aromatic heterocycles. The minimum absolute atomic E-state index is 0.428. The highest BCUT2D eigenvalue weighted by atomic mass is 32.2. The van der Waals surface area contributed by atoms with E-state index in [1.165, 1.54) is 27.8 Å². The van der Waals surface area contributed by atoms with Gasteiger partial charge in [0.05, 0.1) is 0 Å². The van der Waals surface area contributed by atoms with E-state index < -0.39 is 0 Å². The van der Waals surface area contributed by atoms with Gasteiger partial charge in [-0.25, -0.2) is 4.98 Å². The van der Waals surface area contributed by atoms with Crippen molar-refractivity contribution in [3.05, 3.63) is 16.1 Å². The van der Waals surface area contributed by atoms with Crippen LogP contribution in [0.2, 0.25) is 0 Å². The molecule has 4 heteroatoms. The van der Waals surface area contributed by atoms with E-state index in [1.54, 1.807) is 11.3 Å². The number of aryl methyl sites for hydroxylation is 1. The molecule has 16 heavy (non-hydrogen) atoms. The molecule has 1 aliphatic rings. The molecule has 0 radical (unpaired) electrons.